The molecule has 1 saturated heterocycles. The highest BCUT2D eigenvalue weighted by atomic mass is 32.2. The lowest BCUT2D eigenvalue weighted by Crippen LogP contribution is -2.40. The molecule has 1 N–H and O–H groups in total. The smallest absolute Gasteiger partial charge is 0.151 e. The monoisotopic (exact) mass is 271 g/mol. The van der Waals surface area contributed by atoms with Crippen molar-refractivity contribution in [3.05, 3.63) is 17.5 Å². The first-order valence-electron chi connectivity index (χ1n) is 6.46. The van der Waals surface area contributed by atoms with Crippen molar-refractivity contribution >= 4 is 9.84 Å². The van der Waals surface area contributed by atoms with E-state index in [0.29, 0.717) is 12.3 Å². The standard InChI is InChI=1S/C12H21N3O2S/c1-3-10-7-12(15(2)14-10)8-13-11-5-4-6-18(16,17)9-11/h7,11,13H,3-6,8-9H2,1-2H3. The Labute approximate surface area is 108 Å². The van der Waals surface area contributed by atoms with Crippen LogP contribution >= 0.6 is 0 Å². The SMILES string of the molecule is CCc1cc(CNC2CCCS(=O)(=O)C2)n(C)n1. The lowest BCUT2D eigenvalue weighted by molar-refractivity contribution is 0.471. The predicted octanol–water partition coefficient (Wildman–Crippen LogP) is 0.649. The molecular formula is C12H21N3O2S. The van der Waals surface area contributed by atoms with Crippen LogP contribution in [0.4, 0.5) is 0 Å². The zero-order chi connectivity index (χ0) is 13.2. The minimum absolute atomic E-state index is 0.0868. The van der Waals surface area contributed by atoms with E-state index in [1.807, 2.05) is 11.7 Å². The molecule has 5 nitrogen and oxygen atoms in total. The minimum Gasteiger partial charge on any atom is -0.307 e. The van der Waals surface area contributed by atoms with Crippen molar-refractivity contribution in [2.24, 2.45) is 7.05 Å². The molecule has 1 aliphatic rings. The van der Waals surface area contributed by atoms with E-state index in [0.717, 1.165) is 30.7 Å². The van der Waals surface area contributed by atoms with Crippen LogP contribution in [0.3, 0.4) is 0 Å². The Balaban J connectivity index is 1.93. The number of nitrogens with one attached hydrogen (secondary N) is 1. The second-order valence-corrected chi connectivity index (χ2v) is 7.17. The number of hydrogen-bond acceptors (Lipinski definition) is 4. The number of hydrogen-bond donors (Lipinski definition) is 1. The Bertz CT molecular complexity index is 507. The molecule has 2 rings (SSSR count). The molecule has 0 spiro atoms. The average Bonchev–Trinajstić information content (AvgIpc) is 2.66. The second-order valence-electron chi connectivity index (χ2n) is 4.94. The molecule has 1 aromatic heterocycles. The number of aromatic nitrogens is 2. The summed E-state index contributed by atoms with van der Waals surface area (Å²) in [5.41, 5.74) is 2.18. The molecule has 6 heteroatoms. The highest BCUT2D eigenvalue weighted by molar-refractivity contribution is 7.91. The van der Waals surface area contributed by atoms with E-state index in [4.69, 9.17) is 0 Å². The van der Waals surface area contributed by atoms with Gasteiger partial charge in [0.25, 0.3) is 0 Å². The van der Waals surface area contributed by atoms with Gasteiger partial charge in [-0.3, -0.25) is 4.68 Å². The molecule has 1 unspecified atom stereocenters. The summed E-state index contributed by atoms with van der Waals surface area (Å²) in [5, 5.41) is 7.71. The van der Waals surface area contributed by atoms with Crippen molar-refractivity contribution in [2.75, 3.05) is 11.5 Å². The fourth-order valence-corrected chi connectivity index (χ4v) is 4.01. The quantitative estimate of drug-likeness (QED) is 0.873. The van der Waals surface area contributed by atoms with Gasteiger partial charge in [-0.25, -0.2) is 8.42 Å². The van der Waals surface area contributed by atoms with E-state index in [1.165, 1.54) is 0 Å². The largest absolute Gasteiger partial charge is 0.307 e. The van der Waals surface area contributed by atoms with Crippen LogP contribution in [0.1, 0.15) is 31.2 Å². The molecule has 0 aromatic carbocycles. The summed E-state index contributed by atoms with van der Waals surface area (Å²) < 4.78 is 24.9. The van der Waals surface area contributed by atoms with E-state index in [9.17, 15) is 8.42 Å². The third-order valence-electron chi connectivity index (χ3n) is 3.42. The fraction of sp³-hybridized carbons (Fsp3) is 0.750. The van der Waals surface area contributed by atoms with E-state index < -0.39 is 9.84 Å². The van der Waals surface area contributed by atoms with Gasteiger partial charge in [0.05, 0.1) is 22.9 Å². The van der Waals surface area contributed by atoms with Gasteiger partial charge in [-0.05, 0) is 25.3 Å². The first kappa shape index (κ1) is 13.5. The second kappa shape index (κ2) is 5.40. The molecule has 0 amide bonds. The molecular weight excluding hydrogens is 250 g/mol. The molecule has 102 valence electrons. The molecule has 2 heterocycles. The molecule has 0 aliphatic carbocycles. The Morgan fingerprint density at radius 2 is 2.33 bits per heavy atom. The summed E-state index contributed by atoms with van der Waals surface area (Å²) in [6, 6.07) is 2.16. The van der Waals surface area contributed by atoms with Gasteiger partial charge in [0, 0.05) is 19.6 Å². The Morgan fingerprint density at radius 1 is 1.56 bits per heavy atom. The molecule has 1 aromatic rings. The van der Waals surface area contributed by atoms with Gasteiger partial charge in [-0.15, -0.1) is 0 Å². The lowest BCUT2D eigenvalue weighted by Gasteiger charge is -2.23. The Kier molecular flexibility index (Phi) is 4.07. The summed E-state index contributed by atoms with van der Waals surface area (Å²) >= 11 is 0. The highest BCUT2D eigenvalue weighted by Gasteiger charge is 2.24. The normalized spacial score (nSPS) is 23.1. The van der Waals surface area contributed by atoms with E-state index in [1.54, 1.807) is 0 Å². The van der Waals surface area contributed by atoms with Crippen LogP contribution < -0.4 is 5.32 Å². The van der Waals surface area contributed by atoms with Crippen LogP contribution in [-0.4, -0.2) is 35.7 Å². The van der Waals surface area contributed by atoms with Crippen LogP contribution in [0.15, 0.2) is 6.07 Å². The summed E-state index contributed by atoms with van der Waals surface area (Å²) in [6.07, 6.45) is 2.63. The van der Waals surface area contributed by atoms with Crippen LogP contribution in [0.25, 0.3) is 0 Å². The minimum atomic E-state index is -2.83. The van der Waals surface area contributed by atoms with Crippen molar-refractivity contribution in [1.29, 1.82) is 0 Å². The van der Waals surface area contributed by atoms with Crippen molar-refractivity contribution in [2.45, 2.75) is 38.8 Å². The summed E-state index contributed by atoms with van der Waals surface area (Å²) in [7, 11) is -0.906. The molecule has 0 saturated carbocycles. The average molecular weight is 271 g/mol. The molecule has 1 fully saturated rings. The molecule has 1 aliphatic heterocycles. The van der Waals surface area contributed by atoms with Gasteiger partial charge in [-0.2, -0.15) is 5.10 Å². The molecule has 1 atom stereocenters. The number of aryl methyl sites for hydroxylation is 2. The number of nitrogens with zero attached hydrogens (tertiary/aromatic N) is 2. The van der Waals surface area contributed by atoms with E-state index in [2.05, 4.69) is 23.4 Å². The van der Waals surface area contributed by atoms with E-state index in [-0.39, 0.29) is 11.8 Å². The Hall–Kier alpha value is -0.880. The van der Waals surface area contributed by atoms with Crippen molar-refractivity contribution < 1.29 is 8.42 Å². The van der Waals surface area contributed by atoms with Gasteiger partial charge in [-0.1, -0.05) is 6.92 Å². The fourth-order valence-electron chi connectivity index (χ4n) is 2.34. The van der Waals surface area contributed by atoms with Gasteiger partial charge in [0.1, 0.15) is 0 Å². The van der Waals surface area contributed by atoms with Crippen molar-refractivity contribution in [3.8, 4) is 0 Å². The first-order chi connectivity index (χ1) is 8.50. The summed E-state index contributed by atoms with van der Waals surface area (Å²) in [4.78, 5) is 0. The zero-order valence-corrected chi connectivity index (χ0v) is 11.8. The topological polar surface area (TPSA) is 64.0 Å². The molecule has 18 heavy (non-hydrogen) atoms. The van der Waals surface area contributed by atoms with Crippen LogP contribution in [0, 0.1) is 0 Å². The summed E-state index contributed by atoms with van der Waals surface area (Å²) in [6.45, 7) is 2.76. The third-order valence-corrected chi connectivity index (χ3v) is 5.25. The summed E-state index contributed by atoms with van der Waals surface area (Å²) in [5.74, 6) is 0.613. The van der Waals surface area contributed by atoms with Gasteiger partial charge < -0.3 is 5.32 Å². The predicted molar refractivity (Wildman–Crippen MR) is 71.1 cm³/mol. The third kappa shape index (κ3) is 3.32. The van der Waals surface area contributed by atoms with Gasteiger partial charge in [0.2, 0.25) is 0 Å². The maximum Gasteiger partial charge on any atom is 0.151 e. The lowest BCUT2D eigenvalue weighted by atomic mass is 10.2. The van der Waals surface area contributed by atoms with Crippen LogP contribution in [0.2, 0.25) is 0 Å². The van der Waals surface area contributed by atoms with Crippen LogP contribution in [-0.2, 0) is 29.9 Å². The van der Waals surface area contributed by atoms with Gasteiger partial charge in [0.15, 0.2) is 9.84 Å². The number of sulfone groups is 1. The van der Waals surface area contributed by atoms with Crippen molar-refractivity contribution in [1.82, 2.24) is 15.1 Å². The number of rotatable bonds is 4. The maximum atomic E-state index is 11.5. The molecule has 0 radical (unpaired) electrons. The van der Waals surface area contributed by atoms with E-state index >= 15 is 0 Å². The first-order valence-corrected chi connectivity index (χ1v) is 8.28. The van der Waals surface area contributed by atoms with Crippen molar-refractivity contribution in [3.63, 3.8) is 0 Å². The van der Waals surface area contributed by atoms with Crippen LogP contribution in [0.5, 0.6) is 0 Å². The zero-order valence-electron chi connectivity index (χ0n) is 11.0. The van der Waals surface area contributed by atoms with Gasteiger partial charge >= 0.3 is 0 Å². The molecule has 0 bridgehead atoms. The maximum absolute atomic E-state index is 11.5. The highest BCUT2D eigenvalue weighted by Crippen LogP contribution is 2.13. The Morgan fingerprint density at radius 3 is 2.94 bits per heavy atom.